The van der Waals surface area contributed by atoms with Gasteiger partial charge in [0.15, 0.2) is 11.5 Å². The molecule has 0 amide bonds. The summed E-state index contributed by atoms with van der Waals surface area (Å²) in [5.74, 6) is 1.89. The second-order valence-electron chi connectivity index (χ2n) is 3.72. The lowest BCUT2D eigenvalue weighted by molar-refractivity contribution is -0.500. The van der Waals surface area contributed by atoms with Gasteiger partial charge < -0.3 is 19.5 Å². The molecule has 0 radical (unpaired) electrons. The Kier molecular flexibility index (Phi) is 6.58. The van der Waals surface area contributed by atoms with E-state index >= 15 is 0 Å². The Balaban J connectivity index is 2.93. The van der Waals surface area contributed by atoms with Gasteiger partial charge in [-0.25, -0.2) is 0 Å². The number of methoxy groups -OCH3 is 3. The highest BCUT2D eigenvalue weighted by Crippen LogP contribution is 2.33. The minimum absolute atomic E-state index is 0.517. The maximum atomic E-state index is 5.31. The molecule has 0 aliphatic carbocycles. The number of ether oxygens (including phenoxy) is 3. The van der Waals surface area contributed by atoms with Crippen LogP contribution < -0.4 is 30.1 Å². The van der Waals surface area contributed by atoms with Crippen molar-refractivity contribution < 1.29 is 19.3 Å². The summed E-state index contributed by atoms with van der Waals surface area (Å²) in [6, 6.07) is 3.57. The highest BCUT2D eigenvalue weighted by molar-refractivity contribution is 7.80. The number of hydrazone groups is 1. The van der Waals surface area contributed by atoms with Gasteiger partial charge in [0.1, 0.15) is 5.75 Å². The van der Waals surface area contributed by atoms with Crippen molar-refractivity contribution in [2.75, 3.05) is 27.9 Å². The van der Waals surface area contributed by atoms with Crippen molar-refractivity contribution in [1.82, 2.24) is 10.7 Å². The fraction of sp³-hybridized carbons (Fsp3) is 0.385. The van der Waals surface area contributed by atoms with Crippen LogP contribution in [0.4, 0.5) is 0 Å². The monoisotopic (exact) mass is 298 g/mol. The van der Waals surface area contributed by atoms with E-state index in [0.717, 1.165) is 12.1 Å². The topological polar surface area (TPSA) is 65.7 Å². The largest absolute Gasteiger partial charge is 0.496 e. The molecule has 1 aromatic carbocycles. The van der Waals surface area contributed by atoms with Gasteiger partial charge in [-0.15, -0.1) is 10.5 Å². The Bertz CT molecular complexity index is 492. The Morgan fingerprint density at radius 3 is 2.30 bits per heavy atom. The van der Waals surface area contributed by atoms with Crippen LogP contribution in [0.15, 0.2) is 12.1 Å². The number of benzene rings is 1. The molecule has 1 aromatic rings. The van der Waals surface area contributed by atoms with Gasteiger partial charge in [-0.3, -0.25) is 0 Å². The Morgan fingerprint density at radius 1 is 1.15 bits per heavy atom. The highest BCUT2D eigenvalue weighted by Gasteiger charge is 2.12. The van der Waals surface area contributed by atoms with Crippen LogP contribution in [-0.4, -0.2) is 39.2 Å². The molecule has 110 valence electrons. The molecule has 0 saturated carbocycles. The Hall–Kier alpha value is -2.02. The molecule has 0 fully saturated rings. The fourth-order valence-corrected chi connectivity index (χ4v) is 1.75. The molecular weight excluding hydrogens is 278 g/mol. The maximum absolute atomic E-state index is 5.31. The molecule has 3 N–H and O–H groups in total. The van der Waals surface area contributed by atoms with Crippen molar-refractivity contribution in [3.05, 3.63) is 17.7 Å². The van der Waals surface area contributed by atoms with Gasteiger partial charge >= 0.3 is 0 Å². The lowest BCUT2D eigenvalue weighted by atomic mass is 10.2. The lowest BCUT2D eigenvalue weighted by Gasteiger charge is -2.10. The van der Waals surface area contributed by atoms with Crippen LogP contribution in [-0.2, 0) is 0 Å². The zero-order chi connectivity index (χ0) is 15.0. The molecule has 0 heterocycles. The van der Waals surface area contributed by atoms with E-state index in [0.29, 0.717) is 22.4 Å². The van der Waals surface area contributed by atoms with E-state index in [4.69, 9.17) is 26.4 Å². The van der Waals surface area contributed by atoms with E-state index in [9.17, 15) is 0 Å². The first-order chi connectivity index (χ1) is 9.65. The van der Waals surface area contributed by atoms with Crippen molar-refractivity contribution in [3.63, 3.8) is 0 Å². The SMILES string of the molecule is CCNC(=S)N[NH+]=Cc1cc(OC)c(OC)cc1OC. The molecule has 0 spiro atoms. The second-order valence-corrected chi connectivity index (χ2v) is 4.13. The molecule has 0 saturated heterocycles. The van der Waals surface area contributed by atoms with Crippen LogP contribution >= 0.6 is 12.2 Å². The van der Waals surface area contributed by atoms with E-state index in [-0.39, 0.29) is 0 Å². The minimum Gasteiger partial charge on any atom is -0.496 e. The number of hydrogen-bond donors (Lipinski definition) is 3. The van der Waals surface area contributed by atoms with E-state index < -0.39 is 0 Å². The summed E-state index contributed by atoms with van der Waals surface area (Å²) < 4.78 is 15.8. The third-order valence-electron chi connectivity index (χ3n) is 2.49. The number of thiocarbonyl (C=S) groups is 1. The van der Waals surface area contributed by atoms with Crippen molar-refractivity contribution in [2.45, 2.75) is 6.92 Å². The van der Waals surface area contributed by atoms with Crippen molar-refractivity contribution in [1.29, 1.82) is 0 Å². The van der Waals surface area contributed by atoms with E-state index in [1.807, 2.05) is 13.0 Å². The molecule has 0 atom stereocenters. The van der Waals surface area contributed by atoms with Crippen molar-refractivity contribution >= 4 is 23.5 Å². The number of nitrogens with one attached hydrogen (secondary N) is 3. The summed E-state index contributed by atoms with van der Waals surface area (Å²) in [7, 11) is 4.75. The first-order valence-electron chi connectivity index (χ1n) is 6.08. The first kappa shape index (κ1) is 16.0. The Labute approximate surface area is 124 Å². The fourth-order valence-electron chi connectivity index (χ4n) is 1.55. The molecule has 6 nitrogen and oxygen atoms in total. The smallest absolute Gasteiger partial charge is 0.223 e. The molecule has 7 heteroatoms. The molecule has 0 unspecified atom stereocenters. The molecule has 0 bridgehead atoms. The highest BCUT2D eigenvalue weighted by atomic mass is 32.1. The first-order valence-corrected chi connectivity index (χ1v) is 6.49. The van der Waals surface area contributed by atoms with Crippen molar-refractivity contribution in [3.8, 4) is 17.2 Å². The quantitative estimate of drug-likeness (QED) is 0.378. The van der Waals surface area contributed by atoms with Crippen LogP contribution in [0, 0.1) is 0 Å². The van der Waals surface area contributed by atoms with E-state index in [1.165, 1.54) is 0 Å². The van der Waals surface area contributed by atoms with Crippen LogP contribution in [0.2, 0.25) is 0 Å². The molecule has 20 heavy (non-hydrogen) atoms. The van der Waals surface area contributed by atoms with Gasteiger partial charge in [0.25, 0.3) is 0 Å². The van der Waals surface area contributed by atoms with Crippen LogP contribution in [0.3, 0.4) is 0 Å². The van der Waals surface area contributed by atoms with Gasteiger partial charge in [0.2, 0.25) is 11.3 Å². The summed E-state index contributed by atoms with van der Waals surface area (Å²) in [5.41, 5.74) is 3.64. The number of hydrazine groups is 1. The molecular formula is C13H20N3O3S+. The summed E-state index contributed by atoms with van der Waals surface area (Å²) in [5, 5.41) is 6.37. The summed E-state index contributed by atoms with van der Waals surface area (Å²) >= 11 is 5.04. The van der Waals surface area contributed by atoms with Gasteiger partial charge in [-0.05, 0) is 19.1 Å². The number of rotatable bonds is 6. The third-order valence-corrected chi connectivity index (χ3v) is 2.73. The van der Waals surface area contributed by atoms with E-state index in [2.05, 4.69) is 15.8 Å². The molecule has 0 aliphatic heterocycles. The third kappa shape index (κ3) is 4.27. The van der Waals surface area contributed by atoms with Gasteiger partial charge in [0, 0.05) is 18.7 Å². The normalized spacial score (nSPS) is 10.2. The van der Waals surface area contributed by atoms with Gasteiger partial charge in [-0.2, -0.15) is 0 Å². The molecule has 0 aliphatic rings. The molecule has 0 aromatic heterocycles. The summed E-state index contributed by atoms with van der Waals surface area (Å²) in [6.45, 7) is 2.72. The summed E-state index contributed by atoms with van der Waals surface area (Å²) in [6.07, 6.45) is 1.73. The van der Waals surface area contributed by atoms with Crippen molar-refractivity contribution in [2.24, 2.45) is 0 Å². The van der Waals surface area contributed by atoms with Crippen LogP contribution in [0.25, 0.3) is 0 Å². The maximum Gasteiger partial charge on any atom is 0.223 e. The zero-order valence-electron chi connectivity index (χ0n) is 12.1. The predicted molar refractivity (Wildman–Crippen MR) is 81.6 cm³/mol. The van der Waals surface area contributed by atoms with Crippen LogP contribution in [0.1, 0.15) is 12.5 Å². The van der Waals surface area contributed by atoms with Gasteiger partial charge in [0.05, 0.1) is 26.9 Å². The minimum atomic E-state index is 0.517. The summed E-state index contributed by atoms with van der Waals surface area (Å²) in [4.78, 5) is 0. The lowest BCUT2D eigenvalue weighted by Crippen LogP contribution is -2.82. The average Bonchev–Trinajstić information content (AvgIpc) is 2.46. The number of hydrogen-bond acceptors (Lipinski definition) is 4. The predicted octanol–water partition coefficient (Wildman–Crippen LogP) is -0.389. The van der Waals surface area contributed by atoms with Gasteiger partial charge in [-0.1, -0.05) is 0 Å². The van der Waals surface area contributed by atoms with Crippen LogP contribution in [0.5, 0.6) is 17.2 Å². The van der Waals surface area contributed by atoms with E-state index in [1.54, 1.807) is 33.6 Å². The standard InChI is InChI=1S/C13H19N3O3S/c1-5-14-13(20)16-15-8-9-6-11(18-3)12(19-4)7-10(9)17-2/h6-8H,5H2,1-4H3,(H2,14,16,20)/p+1. The Morgan fingerprint density at radius 2 is 1.75 bits per heavy atom. The zero-order valence-corrected chi connectivity index (χ0v) is 12.9. The molecule has 1 rings (SSSR count). The second kappa shape index (κ2) is 8.21. The average molecular weight is 298 g/mol.